The second-order valence-corrected chi connectivity index (χ2v) is 11.7. The van der Waals surface area contributed by atoms with E-state index in [1.54, 1.807) is 37.8 Å². The highest BCUT2D eigenvalue weighted by molar-refractivity contribution is 5.97. The van der Waals surface area contributed by atoms with E-state index in [1.165, 1.54) is 24.4 Å². The van der Waals surface area contributed by atoms with Gasteiger partial charge in [0.05, 0.1) is 34.8 Å². The van der Waals surface area contributed by atoms with Gasteiger partial charge in [-0.3, -0.25) is 4.79 Å². The van der Waals surface area contributed by atoms with Crippen LogP contribution in [0.4, 0.5) is 19.3 Å². The minimum atomic E-state index is -0.979. The first-order valence-corrected chi connectivity index (χ1v) is 13.9. The standard InChI is InChI=1S/C30H34F2N6O4/c1-5-41-23-9-6-17(15-34-23)22-14-19(24(31)25(35-22)21-8-7-20(33)26(32)36-21)27(39)37-30-12-10-18(11-13-30)38(16-30)28(40)42-29(2,3)4/h6-9,14-15,18H,5,10-13,16,33H2,1-4H3,(H,37,39). The van der Waals surface area contributed by atoms with Crippen LogP contribution in [0.5, 0.6) is 5.88 Å². The summed E-state index contributed by atoms with van der Waals surface area (Å²) in [6.45, 7) is 7.91. The third-order valence-corrected chi connectivity index (χ3v) is 7.48. The summed E-state index contributed by atoms with van der Waals surface area (Å²) in [5, 5.41) is 3.02. The molecule has 42 heavy (non-hydrogen) atoms. The van der Waals surface area contributed by atoms with Gasteiger partial charge in [0.25, 0.3) is 5.91 Å². The Morgan fingerprint density at radius 2 is 1.86 bits per heavy atom. The molecule has 3 aliphatic rings. The Kier molecular flexibility index (Phi) is 7.74. The quantitative estimate of drug-likeness (QED) is 0.384. The lowest BCUT2D eigenvalue weighted by Gasteiger charge is -2.52. The Morgan fingerprint density at radius 3 is 2.48 bits per heavy atom. The summed E-state index contributed by atoms with van der Waals surface area (Å²) in [5.74, 6) is -2.23. The number of amides is 2. The van der Waals surface area contributed by atoms with Crippen LogP contribution < -0.4 is 15.8 Å². The van der Waals surface area contributed by atoms with E-state index in [0.29, 0.717) is 43.7 Å². The Hall–Kier alpha value is -4.35. The molecule has 3 N–H and O–H groups in total. The van der Waals surface area contributed by atoms with Crippen LogP contribution in [0.25, 0.3) is 22.6 Å². The van der Waals surface area contributed by atoms with E-state index in [0.717, 1.165) is 0 Å². The highest BCUT2D eigenvalue weighted by Crippen LogP contribution is 2.39. The van der Waals surface area contributed by atoms with Crippen molar-refractivity contribution in [2.75, 3.05) is 18.9 Å². The highest BCUT2D eigenvalue weighted by Gasteiger charge is 2.48. The minimum Gasteiger partial charge on any atom is -0.478 e. The molecule has 5 heterocycles. The molecule has 12 heteroatoms. The normalized spacial score (nSPS) is 19.9. The summed E-state index contributed by atoms with van der Waals surface area (Å²) in [6, 6.07) is 7.26. The molecule has 1 aliphatic carbocycles. The monoisotopic (exact) mass is 580 g/mol. The van der Waals surface area contributed by atoms with Gasteiger partial charge in [0, 0.05) is 30.4 Å². The summed E-state index contributed by atoms with van der Waals surface area (Å²) >= 11 is 0. The predicted octanol–water partition coefficient (Wildman–Crippen LogP) is 5.13. The first-order valence-electron chi connectivity index (χ1n) is 13.9. The third kappa shape index (κ3) is 5.97. The second-order valence-electron chi connectivity index (χ2n) is 11.7. The number of aromatic nitrogens is 3. The predicted molar refractivity (Wildman–Crippen MR) is 152 cm³/mol. The number of ether oxygens (including phenoxy) is 2. The number of pyridine rings is 3. The Bertz CT molecular complexity index is 1500. The van der Waals surface area contributed by atoms with E-state index in [-0.39, 0.29) is 40.9 Å². The number of halogens is 2. The topological polar surface area (TPSA) is 133 Å². The number of carbonyl (C=O) groups excluding carboxylic acids is 2. The van der Waals surface area contributed by atoms with E-state index in [2.05, 4.69) is 20.3 Å². The molecule has 0 radical (unpaired) electrons. The van der Waals surface area contributed by atoms with Crippen LogP contribution in [-0.4, -0.2) is 62.2 Å². The number of piperidine rings is 2. The van der Waals surface area contributed by atoms with Gasteiger partial charge in [0.15, 0.2) is 5.82 Å². The van der Waals surface area contributed by atoms with Crippen LogP contribution in [-0.2, 0) is 4.74 Å². The maximum atomic E-state index is 16.0. The van der Waals surface area contributed by atoms with E-state index >= 15 is 4.39 Å². The lowest BCUT2D eigenvalue weighted by molar-refractivity contribution is -0.0254. The maximum absolute atomic E-state index is 16.0. The smallest absolute Gasteiger partial charge is 0.410 e. The van der Waals surface area contributed by atoms with Crippen molar-refractivity contribution in [3.05, 3.63) is 53.9 Å². The number of nitrogens with one attached hydrogen (secondary N) is 1. The largest absolute Gasteiger partial charge is 0.478 e. The lowest BCUT2D eigenvalue weighted by Crippen LogP contribution is -2.66. The zero-order valence-corrected chi connectivity index (χ0v) is 24.0. The molecule has 0 aromatic carbocycles. The van der Waals surface area contributed by atoms with Crippen molar-refractivity contribution in [2.45, 2.75) is 70.6 Å². The van der Waals surface area contributed by atoms with Crippen molar-refractivity contribution >= 4 is 17.7 Å². The van der Waals surface area contributed by atoms with Crippen LogP contribution in [0.3, 0.4) is 0 Å². The number of fused-ring (bicyclic) bond motifs is 3. The van der Waals surface area contributed by atoms with Gasteiger partial charge in [-0.05, 0) is 77.6 Å². The van der Waals surface area contributed by atoms with Crippen molar-refractivity contribution in [1.82, 2.24) is 25.2 Å². The molecule has 0 atom stereocenters. The molecular formula is C30H34F2N6O4. The van der Waals surface area contributed by atoms with Gasteiger partial charge in [0.1, 0.15) is 11.3 Å². The molecule has 1 saturated carbocycles. The zero-order valence-electron chi connectivity index (χ0n) is 24.0. The van der Waals surface area contributed by atoms with Crippen molar-refractivity contribution in [3.8, 4) is 28.5 Å². The Balaban J connectivity index is 1.50. The Morgan fingerprint density at radius 1 is 1.12 bits per heavy atom. The zero-order chi connectivity index (χ0) is 30.2. The van der Waals surface area contributed by atoms with Gasteiger partial charge in [-0.1, -0.05) is 0 Å². The molecule has 2 aliphatic heterocycles. The fourth-order valence-corrected chi connectivity index (χ4v) is 5.44. The molecule has 2 bridgehead atoms. The average molecular weight is 581 g/mol. The number of carbonyl (C=O) groups is 2. The van der Waals surface area contributed by atoms with E-state index < -0.39 is 34.9 Å². The van der Waals surface area contributed by atoms with Crippen LogP contribution in [0.15, 0.2) is 36.5 Å². The summed E-state index contributed by atoms with van der Waals surface area (Å²) in [7, 11) is 0. The first kappa shape index (κ1) is 29.2. The van der Waals surface area contributed by atoms with Crippen molar-refractivity contribution in [3.63, 3.8) is 0 Å². The van der Waals surface area contributed by atoms with Crippen LogP contribution in [0.2, 0.25) is 0 Å². The number of nitrogen functional groups attached to an aromatic ring is 1. The third-order valence-electron chi connectivity index (χ3n) is 7.48. The minimum absolute atomic E-state index is 0.0214. The number of hydrogen-bond donors (Lipinski definition) is 2. The molecule has 2 amide bonds. The van der Waals surface area contributed by atoms with Gasteiger partial charge in [0.2, 0.25) is 11.8 Å². The molecule has 3 fully saturated rings. The number of anilines is 1. The second kappa shape index (κ2) is 11.1. The van der Waals surface area contributed by atoms with E-state index in [4.69, 9.17) is 15.2 Å². The van der Waals surface area contributed by atoms with Gasteiger partial charge in [-0.15, -0.1) is 0 Å². The maximum Gasteiger partial charge on any atom is 0.410 e. The Labute approximate surface area is 242 Å². The molecule has 3 aromatic heterocycles. The van der Waals surface area contributed by atoms with Gasteiger partial charge >= 0.3 is 6.09 Å². The first-order chi connectivity index (χ1) is 19.9. The number of nitrogens with two attached hydrogens (primary N) is 1. The number of rotatable bonds is 6. The van der Waals surface area contributed by atoms with Crippen LogP contribution >= 0.6 is 0 Å². The fourth-order valence-electron chi connectivity index (χ4n) is 5.44. The summed E-state index contributed by atoms with van der Waals surface area (Å²) in [5.41, 5.74) is 3.92. The highest BCUT2D eigenvalue weighted by atomic mass is 19.1. The van der Waals surface area contributed by atoms with Crippen LogP contribution in [0.1, 0.15) is 63.7 Å². The number of hydrogen-bond acceptors (Lipinski definition) is 8. The van der Waals surface area contributed by atoms with Crippen molar-refractivity contribution < 1.29 is 27.8 Å². The van der Waals surface area contributed by atoms with Crippen molar-refractivity contribution in [2.24, 2.45) is 0 Å². The fraction of sp³-hybridized carbons (Fsp3) is 0.433. The number of nitrogens with zero attached hydrogens (tertiary/aromatic N) is 4. The van der Waals surface area contributed by atoms with E-state index in [9.17, 15) is 14.0 Å². The molecule has 2 saturated heterocycles. The molecule has 6 rings (SSSR count). The molecule has 222 valence electrons. The molecule has 3 aromatic rings. The van der Waals surface area contributed by atoms with Gasteiger partial charge in [-0.25, -0.2) is 24.1 Å². The molecular weight excluding hydrogens is 546 g/mol. The molecule has 0 unspecified atom stereocenters. The van der Waals surface area contributed by atoms with Gasteiger partial charge in [-0.2, -0.15) is 4.39 Å². The average Bonchev–Trinajstić information content (AvgIpc) is 2.95. The summed E-state index contributed by atoms with van der Waals surface area (Å²) < 4.78 is 41.3. The summed E-state index contributed by atoms with van der Waals surface area (Å²) in [6.07, 6.45) is 3.67. The molecule has 0 spiro atoms. The lowest BCUT2D eigenvalue weighted by atomic mass is 9.73. The van der Waals surface area contributed by atoms with Gasteiger partial charge < -0.3 is 25.4 Å². The molecule has 10 nitrogen and oxygen atoms in total. The summed E-state index contributed by atoms with van der Waals surface area (Å²) in [4.78, 5) is 40.8. The van der Waals surface area contributed by atoms with Crippen molar-refractivity contribution in [1.29, 1.82) is 0 Å². The SMILES string of the molecule is CCOc1ccc(-c2cc(C(=O)NC34CCC(CC3)N(C(=O)OC(C)(C)C)C4)c(F)c(-c3ccc(N)c(F)n3)n2)cn1. The van der Waals surface area contributed by atoms with Crippen LogP contribution in [0, 0.1) is 11.8 Å². The van der Waals surface area contributed by atoms with E-state index in [1.807, 2.05) is 6.92 Å².